The van der Waals surface area contributed by atoms with Crippen LogP contribution in [-0.4, -0.2) is 12.3 Å². The Morgan fingerprint density at radius 1 is 1.60 bits per heavy atom. The van der Waals surface area contributed by atoms with Crippen molar-refractivity contribution in [3.8, 4) is 0 Å². The van der Waals surface area contributed by atoms with E-state index in [2.05, 4.69) is 4.74 Å². The van der Waals surface area contributed by atoms with Crippen LogP contribution in [0.2, 0.25) is 0 Å². The Morgan fingerprint density at radius 2 is 2.30 bits per heavy atom. The van der Waals surface area contributed by atoms with Gasteiger partial charge < -0.3 is 4.74 Å². The van der Waals surface area contributed by atoms with Crippen LogP contribution in [0, 0.1) is 0 Å². The highest BCUT2D eigenvalue weighted by Crippen LogP contribution is 2.17. The van der Waals surface area contributed by atoms with Crippen LogP contribution in [0.4, 0.5) is 0 Å². The Hall–Kier alpha value is -1.38. The summed E-state index contributed by atoms with van der Waals surface area (Å²) in [5, 5.41) is 0. The van der Waals surface area contributed by atoms with Gasteiger partial charge in [0.1, 0.15) is 12.0 Å². The first-order valence-corrected chi connectivity index (χ1v) is 2.80. The molecule has 0 aromatic heterocycles. The van der Waals surface area contributed by atoms with Crippen LogP contribution < -0.4 is 0 Å². The molecule has 0 radical (unpaired) electrons. The van der Waals surface area contributed by atoms with Gasteiger partial charge in [0.05, 0.1) is 0 Å². The zero-order valence-electron chi connectivity index (χ0n) is 5.46. The number of aldehydes is 1. The fraction of sp³-hybridized carbons (Fsp3) is 0.143. The number of allylic oxidation sites excluding steroid dienone is 2. The maximum absolute atomic E-state index is 10.5. The molecule has 0 amide bonds. The van der Waals surface area contributed by atoms with Gasteiger partial charge in [-0.15, -0.1) is 0 Å². The van der Waals surface area contributed by atoms with Crippen molar-refractivity contribution in [3.63, 3.8) is 0 Å². The molecule has 10 heavy (non-hydrogen) atoms. The molecule has 3 heteroatoms. The Labute approximate surface area is 58.0 Å². The largest absolute Gasteiger partial charge is 0.423 e. The SMILES string of the molecule is CC1=CC(=O)OC1=CC=O. The van der Waals surface area contributed by atoms with Crippen molar-refractivity contribution in [1.29, 1.82) is 0 Å². The Bertz CT molecular complexity index is 235. The van der Waals surface area contributed by atoms with E-state index in [1.807, 2.05) is 0 Å². The highest BCUT2D eigenvalue weighted by atomic mass is 16.5. The van der Waals surface area contributed by atoms with E-state index in [0.29, 0.717) is 17.6 Å². The average molecular weight is 138 g/mol. The van der Waals surface area contributed by atoms with Gasteiger partial charge >= 0.3 is 5.97 Å². The zero-order chi connectivity index (χ0) is 7.56. The van der Waals surface area contributed by atoms with Crippen molar-refractivity contribution in [2.24, 2.45) is 0 Å². The van der Waals surface area contributed by atoms with E-state index in [1.54, 1.807) is 6.92 Å². The smallest absolute Gasteiger partial charge is 0.336 e. The van der Waals surface area contributed by atoms with Crippen molar-refractivity contribution in [1.82, 2.24) is 0 Å². The van der Waals surface area contributed by atoms with E-state index in [9.17, 15) is 9.59 Å². The number of carbonyl (C=O) groups is 2. The first-order valence-electron chi connectivity index (χ1n) is 2.80. The first kappa shape index (κ1) is 6.74. The minimum atomic E-state index is -0.411. The molecule has 0 saturated heterocycles. The predicted molar refractivity (Wildman–Crippen MR) is 34.0 cm³/mol. The van der Waals surface area contributed by atoms with Gasteiger partial charge in [0, 0.05) is 12.2 Å². The summed E-state index contributed by atoms with van der Waals surface area (Å²) in [6.07, 6.45) is 3.15. The summed E-state index contributed by atoms with van der Waals surface area (Å²) in [6.45, 7) is 1.71. The molecular formula is C7H6O3. The lowest BCUT2D eigenvalue weighted by Crippen LogP contribution is -1.90. The molecule has 52 valence electrons. The third-order valence-electron chi connectivity index (χ3n) is 1.15. The van der Waals surface area contributed by atoms with Gasteiger partial charge in [0.25, 0.3) is 0 Å². The number of hydrogen-bond donors (Lipinski definition) is 0. The molecule has 0 fully saturated rings. The predicted octanol–water partition coefficient (Wildman–Crippen LogP) is 0.572. The molecule has 0 saturated carbocycles. The summed E-state index contributed by atoms with van der Waals surface area (Å²) in [7, 11) is 0. The topological polar surface area (TPSA) is 43.4 Å². The molecule has 0 bridgehead atoms. The number of ether oxygens (including phenoxy) is 1. The molecule has 1 rings (SSSR count). The lowest BCUT2D eigenvalue weighted by Gasteiger charge is -1.93. The highest BCUT2D eigenvalue weighted by Gasteiger charge is 2.14. The van der Waals surface area contributed by atoms with Gasteiger partial charge in [-0.05, 0) is 12.5 Å². The molecule has 0 aromatic carbocycles. The van der Waals surface area contributed by atoms with Gasteiger partial charge in [-0.3, -0.25) is 4.79 Å². The van der Waals surface area contributed by atoms with E-state index in [-0.39, 0.29) is 0 Å². The molecule has 0 unspecified atom stereocenters. The lowest BCUT2D eigenvalue weighted by molar-refractivity contribution is -0.132. The van der Waals surface area contributed by atoms with Crippen LogP contribution >= 0.6 is 0 Å². The monoisotopic (exact) mass is 138 g/mol. The number of carbonyl (C=O) groups excluding carboxylic acids is 2. The normalized spacial score (nSPS) is 20.7. The molecule has 1 aliphatic heterocycles. The second-order valence-corrected chi connectivity index (χ2v) is 1.92. The summed E-state index contributed by atoms with van der Waals surface area (Å²) in [6, 6.07) is 0. The van der Waals surface area contributed by atoms with E-state index in [1.165, 1.54) is 12.2 Å². The second kappa shape index (κ2) is 2.47. The summed E-state index contributed by atoms with van der Waals surface area (Å²) in [4.78, 5) is 20.4. The molecular weight excluding hydrogens is 132 g/mol. The number of cyclic esters (lactones) is 1. The molecule has 0 spiro atoms. The Kier molecular flexibility index (Phi) is 1.67. The third kappa shape index (κ3) is 1.13. The maximum atomic E-state index is 10.5. The molecule has 0 atom stereocenters. The van der Waals surface area contributed by atoms with E-state index in [4.69, 9.17) is 0 Å². The molecule has 0 aromatic rings. The van der Waals surface area contributed by atoms with Crippen molar-refractivity contribution >= 4 is 12.3 Å². The van der Waals surface area contributed by atoms with Crippen LogP contribution in [0.3, 0.4) is 0 Å². The average Bonchev–Trinajstić information content (AvgIpc) is 2.13. The second-order valence-electron chi connectivity index (χ2n) is 1.92. The quantitative estimate of drug-likeness (QED) is 0.302. The molecule has 0 aliphatic carbocycles. The van der Waals surface area contributed by atoms with Gasteiger partial charge in [-0.2, -0.15) is 0 Å². The highest BCUT2D eigenvalue weighted by molar-refractivity contribution is 5.89. The van der Waals surface area contributed by atoms with Crippen molar-refractivity contribution in [3.05, 3.63) is 23.5 Å². The fourth-order valence-corrected chi connectivity index (χ4v) is 0.694. The van der Waals surface area contributed by atoms with Crippen molar-refractivity contribution < 1.29 is 14.3 Å². The fourth-order valence-electron chi connectivity index (χ4n) is 0.694. The minimum Gasteiger partial charge on any atom is -0.423 e. The van der Waals surface area contributed by atoms with Crippen molar-refractivity contribution in [2.45, 2.75) is 6.92 Å². The summed E-state index contributed by atoms with van der Waals surface area (Å²) in [5.41, 5.74) is 0.692. The lowest BCUT2D eigenvalue weighted by atomic mass is 10.2. The molecule has 1 heterocycles. The zero-order valence-corrected chi connectivity index (χ0v) is 5.46. The van der Waals surface area contributed by atoms with E-state index >= 15 is 0 Å². The number of hydrogen-bond acceptors (Lipinski definition) is 3. The Balaban J connectivity index is 2.87. The van der Waals surface area contributed by atoms with Crippen LogP contribution in [0.15, 0.2) is 23.5 Å². The van der Waals surface area contributed by atoms with Crippen LogP contribution in [0.5, 0.6) is 0 Å². The maximum Gasteiger partial charge on any atom is 0.336 e. The van der Waals surface area contributed by atoms with Gasteiger partial charge in [-0.25, -0.2) is 4.79 Å². The molecule has 0 N–H and O–H groups in total. The van der Waals surface area contributed by atoms with Gasteiger partial charge in [0.15, 0.2) is 0 Å². The van der Waals surface area contributed by atoms with Crippen molar-refractivity contribution in [2.75, 3.05) is 0 Å². The summed E-state index contributed by atoms with van der Waals surface area (Å²) < 4.78 is 4.61. The number of rotatable bonds is 1. The standard InChI is InChI=1S/C7H6O3/c1-5-4-7(9)10-6(5)2-3-8/h2-4H,1H3. The van der Waals surface area contributed by atoms with Crippen LogP contribution in [0.25, 0.3) is 0 Å². The van der Waals surface area contributed by atoms with Gasteiger partial charge in [-0.1, -0.05) is 0 Å². The number of esters is 1. The van der Waals surface area contributed by atoms with Crippen LogP contribution in [-0.2, 0) is 14.3 Å². The Morgan fingerprint density at radius 3 is 2.70 bits per heavy atom. The van der Waals surface area contributed by atoms with E-state index in [0.717, 1.165) is 0 Å². The summed E-state index contributed by atoms with van der Waals surface area (Å²) >= 11 is 0. The third-order valence-corrected chi connectivity index (χ3v) is 1.15. The molecule has 3 nitrogen and oxygen atoms in total. The molecule has 1 aliphatic rings. The van der Waals surface area contributed by atoms with Gasteiger partial charge in [0.2, 0.25) is 0 Å². The van der Waals surface area contributed by atoms with E-state index < -0.39 is 5.97 Å². The summed E-state index contributed by atoms with van der Waals surface area (Å²) in [5.74, 6) is -0.0643. The minimum absolute atomic E-state index is 0.347. The first-order chi connectivity index (χ1) is 4.74. The van der Waals surface area contributed by atoms with Crippen LogP contribution in [0.1, 0.15) is 6.92 Å².